The third-order valence-corrected chi connectivity index (χ3v) is 13.6. The van der Waals surface area contributed by atoms with Crippen molar-refractivity contribution in [3.63, 3.8) is 0 Å². The maximum absolute atomic E-state index is 2.36. The van der Waals surface area contributed by atoms with Crippen molar-refractivity contribution in [3.8, 4) is 55.6 Å². The number of rotatable bonds is 5. The van der Waals surface area contributed by atoms with Crippen LogP contribution >= 0.6 is 0 Å². The van der Waals surface area contributed by atoms with Crippen LogP contribution in [0.5, 0.6) is 0 Å². The van der Waals surface area contributed by atoms with E-state index in [2.05, 4.69) is 243 Å². The van der Waals surface area contributed by atoms with Gasteiger partial charge in [0.15, 0.2) is 0 Å². The molecule has 296 valence electrons. The van der Waals surface area contributed by atoms with Gasteiger partial charge < -0.3 is 0 Å². The molecule has 0 radical (unpaired) electrons. The molecule has 0 nitrogen and oxygen atoms in total. The first-order chi connectivity index (χ1) is 31.8. The van der Waals surface area contributed by atoms with Crippen molar-refractivity contribution in [2.24, 2.45) is 0 Å². The van der Waals surface area contributed by atoms with Crippen LogP contribution in [-0.4, -0.2) is 0 Å². The standard InChI is InChI=1S/C64H40/c1-2-18-45-40-46(39-34-41(45)16-1)62-55-23-7-11-27-59(55)64(60-28-12-8-24-56(60)62)52-33-15-30-49-50(52)31-14-32-51(49)63-57-25-9-5-21-53(57)61(54-22-6-10-26-58(54)63)44-37-35-43(36-38-44)48-29-13-19-42-17-3-4-20-47(42)48/h1-40H. The Morgan fingerprint density at radius 3 is 1.00 bits per heavy atom. The number of fused-ring (bicyclic) bond motifs is 7. The van der Waals surface area contributed by atoms with Crippen LogP contribution in [0, 0.1) is 0 Å². The van der Waals surface area contributed by atoms with Crippen LogP contribution in [0.3, 0.4) is 0 Å². The molecule has 0 saturated carbocycles. The molecule has 0 bridgehead atoms. The van der Waals surface area contributed by atoms with Crippen LogP contribution in [0.25, 0.3) is 131 Å². The summed E-state index contributed by atoms with van der Waals surface area (Å²) >= 11 is 0. The molecule has 0 aromatic heterocycles. The number of hydrogen-bond donors (Lipinski definition) is 0. The second-order valence-corrected chi connectivity index (χ2v) is 17.1. The van der Waals surface area contributed by atoms with E-state index in [0.29, 0.717) is 0 Å². The smallest absolute Gasteiger partial charge is 0.00201 e. The van der Waals surface area contributed by atoms with E-state index in [4.69, 9.17) is 0 Å². The second-order valence-electron chi connectivity index (χ2n) is 17.1. The van der Waals surface area contributed by atoms with Gasteiger partial charge in [-0.15, -0.1) is 0 Å². The first kappa shape index (κ1) is 36.3. The third kappa shape index (κ3) is 5.63. The van der Waals surface area contributed by atoms with Gasteiger partial charge in [-0.05, 0) is 137 Å². The summed E-state index contributed by atoms with van der Waals surface area (Å²) in [5.41, 5.74) is 12.5. The minimum Gasteiger partial charge on any atom is -0.0616 e. The summed E-state index contributed by atoms with van der Waals surface area (Å²) in [6, 6.07) is 89.9. The second kappa shape index (κ2) is 14.7. The number of benzene rings is 13. The van der Waals surface area contributed by atoms with Gasteiger partial charge in [-0.25, -0.2) is 0 Å². The Hall–Kier alpha value is -8.32. The molecule has 0 N–H and O–H groups in total. The zero-order valence-electron chi connectivity index (χ0n) is 35.1. The van der Waals surface area contributed by atoms with E-state index in [1.807, 2.05) is 0 Å². The number of hydrogen-bond acceptors (Lipinski definition) is 0. The lowest BCUT2D eigenvalue weighted by Gasteiger charge is -2.21. The Kier molecular flexibility index (Phi) is 8.32. The van der Waals surface area contributed by atoms with Crippen LogP contribution in [0.1, 0.15) is 0 Å². The molecule has 0 spiro atoms. The quantitative estimate of drug-likeness (QED) is 0.152. The van der Waals surface area contributed by atoms with Crippen LogP contribution in [-0.2, 0) is 0 Å². The summed E-state index contributed by atoms with van der Waals surface area (Å²) in [5.74, 6) is 0. The summed E-state index contributed by atoms with van der Waals surface area (Å²) < 4.78 is 0. The Balaban J connectivity index is 1.02. The minimum atomic E-state index is 1.22. The van der Waals surface area contributed by atoms with Crippen molar-refractivity contribution in [2.45, 2.75) is 0 Å². The van der Waals surface area contributed by atoms with Crippen LogP contribution in [0.4, 0.5) is 0 Å². The molecule has 0 amide bonds. The molecular weight excluding hydrogens is 769 g/mol. The minimum absolute atomic E-state index is 1.22. The molecule has 0 aliphatic carbocycles. The van der Waals surface area contributed by atoms with Crippen LogP contribution < -0.4 is 0 Å². The fraction of sp³-hybridized carbons (Fsp3) is 0. The van der Waals surface area contributed by atoms with Gasteiger partial charge >= 0.3 is 0 Å². The molecular formula is C64H40. The lowest BCUT2D eigenvalue weighted by Crippen LogP contribution is -1.93. The summed E-state index contributed by atoms with van der Waals surface area (Å²) in [4.78, 5) is 0. The molecule has 0 fully saturated rings. The topological polar surface area (TPSA) is 0 Å². The highest BCUT2D eigenvalue weighted by Crippen LogP contribution is 2.49. The van der Waals surface area contributed by atoms with Crippen molar-refractivity contribution in [2.75, 3.05) is 0 Å². The van der Waals surface area contributed by atoms with E-state index in [-0.39, 0.29) is 0 Å². The van der Waals surface area contributed by atoms with Crippen LogP contribution in [0.15, 0.2) is 243 Å². The van der Waals surface area contributed by atoms with Gasteiger partial charge in [0.1, 0.15) is 0 Å². The van der Waals surface area contributed by atoms with E-state index in [1.54, 1.807) is 0 Å². The van der Waals surface area contributed by atoms with Gasteiger partial charge in [0, 0.05) is 0 Å². The summed E-state index contributed by atoms with van der Waals surface area (Å²) in [6.45, 7) is 0. The zero-order chi connectivity index (χ0) is 42.1. The molecule has 0 heterocycles. The normalized spacial score (nSPS) is 11.8. The maximum Gasteiger partial charge on any atom is -0.00201 e. The van der Waals surface area contributed by atoms with Crippen molar-refractivity contribution in [1.29, 1.82) is 0 Å². The van der Waals surface area contributed by atoms with E-state index in [9.17, 15) is 0 Å². The SMILES string of the molecule is c1ccc2cc(-c3c4ccccc4c(-c4cccc5c(-c6c7ccccc7c(-c7ccc(-c8cccc9ccccc89)cc7)c7ccccc67)cccc45)c4ccccc34)ccc2c1. The van der Waals surface area contributed by atoms with Crippen molar-refractivity contribution < 1.29 is 0 Å². The highest BCUT2D eigenvalue weighted by Gasteiger charge is 2.21. The van der Waals surface area contributed by atoms with Gasteiger partial charge in [-0.2, -0.15) is 0 Å². The Bertz CT molecular complexity index is 3880. The molecule has 0 atom stereocenters. The third-order valence-electron chi connectivity index (χ3n) is 13.6. The van der Waals surface area contributed by atoms with E-state index in [0.717, 1.165) is 0 Å². The van der Waals surface area contributed by atoms with Crippen molar-refractivity contribution in [1.82, 2.24) is 0 Å². The van der Waals surface area contributed by atoms with Gasteiger partial charge in [0.05, 0.1) is 0 Å². The average molecular weight is 809 g/mol. The molecule has 0 aliphatic rings. The largest absolute Gasteiger partial charge is 0.0616 e. The fourth-order valence-electron chi connectivity index (χ4n) is 10.8. The predicted molar refractivity (Wildman–Crippen MR) is 276 cm³/mol. The Morgan fingerprint density at radius 2 is 0.484 bits per heavy atom. The molecule has 0 unspecified atom stereocenters. The fourth-order valence-corrected chi connectivity index (χ4v) is 10.8. The average Bonchev–Trinajstić information content (AvgIpc) is 3.36. The van der Waals surface area contributed by atoms with E-state index < -0.39 is 0 Å². The highest BCUT2D eigenvalue weighted by molar-refractivity contribution is 6.27. The van der Waals surface area contributed by atoms with E-state index >= 15 is 0 Å². The first-order valence-electron chi connectivity index (χ1n) is 22.3. The molecule has 13 aromatic carbocycles. The molecule has 13 aromatic rings. The molecule has 13 rings (SSSR count). The van der Waals surface area contributed by atoms with Gasteiger partial charge in [-0.1, -0.05) is 237 Å². The Labute approximate surface area is 371 Å². The van der Waals surface area contributed by atoms with Crippen molar-refractivity contribution in [3.05, 3.63) is 243 Å². The lowest BCUT2D eigenvalue weighted by atomic mass is 9.82. The lowest BCUT2D eigenvalue weighted by molar-refractivity contribution is 1.63. The first-order valence-corrected chi connectivity index (χ1v) is 22.3. The van der Waals surface area contributed by atoms with Gasteiger partial charge in [0.2, 0.25) is 0 Å². The summed E-state index contributed by atoms with van der Waals surface area (Å²) in [6.07, 6.45) is 0. The molecule has 0 heteroatoms. The molecule has 0 saturated heterocycles. The monoisotopic (exact) mass is 808 g/mol. The highest BCUT2D eigenvalue weighted by atomic mass is 14.2. The van der Waals surface area contributed by atoms with E-state index in [1.165, 1.54) is 131 Å². The van der Waals surface area contributed by atoms with Gasteiger partial charge in [0.25, 0.3) is 0 Å². The Morgan fingerprint density at radius 1 is 0.156 bits per heavy atom. The summed E-state index contributed by atoms with van der Waals surface area (Å²) in [5, 5.41) is 17.6. The molecule has 64 heavy (non-hydrogen) atoms. The predicted octanol–water partition coefficient (Wildman–Crippen LogP) is 18.1. The maximum atomic E-state index is 2.36. The zero-order valence-corrected chi connectivity index (χ0v) is 35.1. The molecule has 0 aliphatic heterocycles. The van der Waals surface area contributed by atoms with Gasteiger partial charge in [-0.3, -0.25) is 0 Å². The van der Waals surface area contributed by atoms with Crippen LogP contribution in [0.2, 0.25) is 0 Å². The van der Waals surface area contributed by atoms with Crippen molar-refractivity contribution >= 4 is 75.4 Å². The summed E-state index contributed by atoms with van der Waals surface area (Å²) in [7, 11) is 0.